The zero-order valence-corrected chi connectivity index (χ0v) is 27.5. The van der Waals surface area contributed by atoms with Crippen LogP contribution in [-0.4, -0.2) is 4.98 Å². The zero-order valence-electron chi connectivity index (χ0n) is 27.5. The van der Waals surface area contributed by atoms with E-state index in [0.29, 0.717) is 0 Å². The van der Waals surface area contributed by atoms with Crippen LogP contribution in [0.2, 0.25) is 0 Å². The van der Waals surface area contributed by atoms with Crippen LogP contribution in [0.3, 0.4) is 0 Å². The molecule has 8 aromatic rings. The first kappa shape index (κ1) is 28.2. The number of para-hydroxylation sites is 2. The molecule has 3 aliphatic rings. The highest BCUT2D eigenvalue weighted by molar-refractivity contribution is 5.98. The van der Waals surface area contributed by atoms with Crippen molar-refractivity contribution < 1.29 is 9.47 Å². The first-order valence-electron chi connectivity index (χ1n) is 17.4. The average Bonchev–Trinajstić information content (AvgIpc) is 3.68. The number of nitrogens with zero attached hydrogens (tertiary/aromatic N) is 1. The van der Waals surface area contributed by atoms with Gasteiger partial charge in [0.2, 0.25) is 0 Å². The van der Waals surface area contributed by atoms with E-state index in [-0.39, 0.29) is 0 Å². The minimum absolute atomic E-state index is 0.553. The van der Waals surface area contributed by atoms with Gasteiger partial charge in [0.15, 0.2) is 23.0 Å². The molecular formula is C48H29NO2. The Morgan fingerprint density at radius 3 is 1.65 bits per heavy atom. The maximum atomic E-state index is 6.76. The van der Waals surface area contributed by atoms with Gasteiger partial charge in [-0.05, 0) is 86.5 Å². The smallest absolute Gasteiger partial charge is 0.178 e. The Morgan fingerprint density at radius 2 is 0.941 bits per heavy atom. The van der Waals surface area contributed by atoms with Gasteiger partial charge in [-0.3, -0.25) is 0 Å². The van der Waals surface area contributed by atoms with Gasteiger partial charge in [0.25, 0.3) is 0 Å². The van der Waals surface area contributed by atoms with E-state index < -0.39 is 5.41 Å². The third-order valence-corrected chi connectivity index (χ3v) is 10.7. The Kier molecular flexibility index (Phi) is 5.88. The summed E-state index contributed by atoms with van der Waals surface area (Å²) in [5.74, 6) is 2.93. The summed E-state index contributed by atoms with van der Waals surface area (Å²) in [6.07, 6.45) is 0. The number of rotatable bonds is 3. The van der Waals surface area contributed by atoms with E-state index in [1.807, 2.05) is 30.3 Å². The van der Waals surface area contributed by atoms with Crippen LogP contribution in [0.1, 0.15) is 22.3 Å². The minimum atomic E-state index is -0.553. The van der Waals surface area contributed by atoms with Crippen LogP contribution in [0.5, 0.6) is 23.0 Å². The third kappa shape index (κ3) is 3.97. The molecule has 0 bridgehead atoms. The highest BCUT2D eigenvalue weighted by Crippen LogP contribution is 2.66. The standard InChI is InChI=1S/C48H29NO2/c1-3-13-30(14-4-1)33-28-41(31-15-5-2-6-16-31)49-42(29-33)32-23-24-36-40(27-32)48(37-19-9-7-17-34(37)35-18-8-10-20-38(35)48)39-25-26-45-47(46(36)39)51-44-22-12-11-21-43(44)50-45/h1-29H. The highest BCUT2D eigenvalue weighted by atomic mass is 16.6. The number of fused-ring (bicyclic) bond motifs is 13. The Hall–Kier alpha value is -6.71. The molecule has 11 rings (SSSR count). The van der Waals surface area contributed by atoms with Gasteiger partial charge < -0.3 is 9.47 Å². The Bertz CT molecular complexity index is 2590. The van der Waals surface area contributed by atoms with E-state index in [0.717, 1.165) is 67.8 Å². The van der Waals surface area contributed by atoms with E-state index in [1.54, 1.807) is 0 Å². The summed E-state index contributed by atoms with van der Waals surface area (Å²) in [6, 6.07) is 62.3. The summed E-state index contributed by atoms with van der Waals surface area (Å²) >= 11 is 0. The fraction of sp³-hybridized carbons (Fsp3) is 0.0208. The Balaban J connectivity index is 1.20. The minimum Gasteiger partial charge on any atom is -0.449 e. The average molecular weight is 652 g/mol. The fourth-order valence-electron chi connectivity index (χ4n) is 8.60. The number of hydrogen-bond donors (Lipinski definition) is 0. The van der Waals surface area contributed by atoms with Crippen molar-refractivity contribution in [3.05, 3.63) is 198 Å². The predicted octanol–water partition coefficient (Wildman–Crippen LogP) is 12.3. The molecule has 2 aliphatic carbocycles. The summed E-state index contributed by atoms with van der Waals surface area (Å²) in [6.45, 7) is 0. The van der Waals surface area contributed by atoms with Crippen molar-refractivity contribution in [2.45, 2.75) is 5.41 Å². The maximum Gasteiger partial charge on any atom is 0.178 e. The molecule has 0 radical (unpaired) electrons. The molecule has 1 spiro atoms. The summed E-state index contributed by atoms with van der Waals surface area (Å²) in [5.41, 5.74) is 15.5. The van der Waals surface area contributed by atoms with Gasteiger partial charge in [-0.2, -0.15) is 0 Å². The van der Waals surface area contributed by atoms with Crippen LogP contribution in [0.25, 0.3) is 55.9 Å². The molecule has 0 saturated carbocycles. The van der Waals surface area contributed by atoms with Crippen molar-refractivity contribution in [3.63, 3.8) is 0 Å². The molecule has 0 N–H and O–H groups in total. The lowest BCUT2D eigenvalue weighted by atomic mass is 9.70. The van der Waals surface area contributed by atoms with Gasteiger partial charge in [0, 0.05) is 16.7 Å². The van der Waals surface area contributed by atoms with Crippen LogP contribution < -0.4 is 9.47 Å². The third-order valence-electron chi connectivity index (χ3n) is 10.7. The lowest BCUT2D eigenvalue weighted by Gasteiger charge is -2.31. The number of aromatic nitrogens is 1. The van der Waals surface area contributed by atoms with Crippen LogP contribution >= 0.6 is 0 Å². The molecule has 3 heteroatoms. The van der Waals surface area contributed by atoms with Crippen LogP contribution in [0, 0.1) is 0 Å². The number of ether oxygens (including phenoxy) is 2. The molecule has 1 aromatic heterocycles. The van der Waals surface area contributed by atoms with Gasteiger partial charge in [-0.25, -0.2) is 4.98 Å². The second kappa shape index (κ2) is 10.6. The van der Waals surface area contributed by atoms with E-state index >= 15 is 0 Å². The second-order valence-corrected chi connectivity index (χ2v) is 13.4. The van der Waals surface area contributed by atoms with Gasteiger partial charge in [-0.1, -0.05) is 140 Å². The summed E-state index contributed by atoms with van der Waals surface area (Å²) < 4.78 is 13.2. The quantitative estimate of drug-likeness (QED) is 0.190. The van der Waals surface area contributed by atoms with E-state index in [2.05, 4.69) is 146 Å². The Morgan fingerprint density at radius 1 is 0.353 bits per heavy atom. The molecule has 0 unspecified atom stereocenters. The van der Waals surface area contributed by atoms with Gasteiger partial charge in [0.05, 0.1) is 16.8 Å². The monoisotopic (exact) mass is 651 g/mol. The predicted molar refractivity (Wildman–Crippen MR) is 203 cm³/mol. The van der Waals surface area contributed by atoms with Crippen molar-refractivity contribution in [2.75, 3.05) is 0 Å². The van der Waals surface area contributed by atoms with Crippen molar-refractivity contribution in [2.24, 2.45) is 0 Å². The van der Waals surface area contributed by atoms with Crippen LogP contribution in [0.4, 0.5) is 0 Å². The lowest BCUT2D eigenvalue weighted by molar-refractivity contribution is 0.360. The van der Waals surface area contributed by atoms with Crippen molar-refractivity contribution in [1.29, 1.82) is 0 Å². The van der Waals surface area contributed by atoms with Crippen molar-refractivity contribution in [1.82, 2.24) is 4.98 Å². The molecule has 0 atom stereocenters. The van der Waals surface area contributed by atoms with E-state index in [9.17, 15) is 0 Å². The largest absolute Gasteiger partial charge is 0.449 e. The first-order chi connectivity index (χ1) is 25.3. The molecule has 238 valence electrons. The molecule has 51 heavy (non-hydrogen) atoms. The van der Waals surface area contributed by atoms with Crippen molar-refractivity contribution in [3.8, 4) is 78.9 Å². The summed E-state index contributed by atoms with van der Waals surface area (Å²) in [7, 11) is 0. The lowest BCUT2D eigenvalue weighted by Crippen LogP contribution is -2.26. The van der Waals surface area contributed by atoms with Gasteiger partial charge in [0.1, 0.15) is 0 Å². The van der Waals surface area contributed by atoms with Gasteiger partial charge in [-0.15, -0.1) is 0 Å². The van der Waals surface area contributed by atoms with Gasteiger partial charge >= 0.3 is 0 Å². The highest BCUT2D eigenvalue weighted by Gasteiger charge is 2.53. The van der Waals surface area contributed by atoms with Crippen molar-refractivity contribution >= 4 is 0 Å². The number of benzene rings is 7. The van der Waals surface area contributed by atoms with Crippen LogP contribution in [-0.2, 0) is 5.41 Å². The van der Waals surface area contributed by atoms with E-state index in [1.165, 1.54) is 33.4 Å². The molecule has 0 saturated heterocycles. The normalized spacial score (nSPS) is 13.6. The Labute approximate surface area is 296 Å². The molecule has 0 amide bonds. The second-order valence-electron chi connectivity index (χ2n) is 13.4. The summed E-state index contributed by atoms with van der Waals surface area (Å²) in [4.78, 5) is 5.33. The SMILES string of the molecule is c1ccc(-c2cc(-c3ccccc3)nc(-c3ccc4c(c3)C3(c5ccccc5-c5ccccc53)c3ccc5c(c3-4)Oc3ccccc3O5)c2)cc1. The molecular weight excluding hydrogens is 623 g/mol. The first-order valence-corrected chi connectivity index (χ1v) is 17.4. The topological polar surface area (TPSA) is 31.4 Å². The van der Waals surface area contributed by atoms with E-state index in [4.69, 9.17) is 14.5 Å². The number of hydrogen-bond acceptors (Lipinski definition) is 3. The maximum absolute atomic E-state index is 6.76. The molecule has 0 fully saturated rings. The molecule has 7 aromatic carbocycles. The molecule has 1 aliphatic heterocycles. The number of pyridine rings is 1. The summed E-state index contributed by atoms with van der Waals surface area (Å²) in [5, 5.41) is 0. The zero-order chi connectivity index (χ0) is 33.5. The molecule has 3 nitrogen and oxygen atoms in total. The molecule has 2 heterocycles. The fourth-order valence-corrected chi connectivity index (χ4v) is 8.60. The van der Waals surface area contributed by atoms with Crippen LogP contribution in [0.15, 0.2) is 176 Å².